The van der Waals surface area contributed by atoms with Crippen molar-refractivity contribution in [1.29, 1.82) is 0 Å². The minimum Gasteiger partial charge on any atom is -0.465 e. The lowest BCUT2D eigenvalue weighted by Gasteiger charge is -2.43. The molecule has 3 N–H and O–H groups in total. The lowest BCUT2D eigenvalue weighted by Crippen LogP contribution is -2.54. The summed E-state index contributed by atoms with van der Waals surface area (Å²) in [4.78, 5) is 52.4. The third-order valence-electron chi connectivity index (χ3n) is 9.99. The Hall–Kier alpha value is -4.38. The number of aromatic nitrogens is 2. The molecule has 0 atom stereocenters. The number of carboxylic acid groups (broad SMARTS) is 1. The van der Waals surface area contributed by atoms with Crippen LogP contribution < -0.4 is 20.7 Å². The van der Waals surface area contributed by atoms with Crippen LogP contribution in [0.4, 0.5) is 16.3 Å². The van der Waals surface area contributed by atoms with Gasteiger partial charge >= 0.3 is 6.09 Å². The predicted octanol–water partition coefficient (Wildman–Crippen LogP) is 6.04. The van der Waals surface area contributed by atoms with E-state index < -0.39 is 11.6 Å². The van der Waals surface area contributed by atoms with E-state index in [1.807, 2.05) is 72.0 Å². The molecule has 2 saturated heterocycles. The monoisotopic (exact) mass is 672 g/mol. The molecular weight excluding hydrogens is 620 g/mol. The number of aryl methyl sites for hydroxylation is 2. The van der Waals surface area contributed by atoms with Crippen molar-refractivity contribution in [1.82, 2.24) is 20.2 Å². The van der Waals surface area contributed by atoms with Crippen molar-refractivity contribution >= 4 is 23.5 Å². The van der Waals surface area contributed by atoms with Crippen molar-refractivity contribution < 1.29 is 19.4 Å². The van der Waals surface area contributed by atoms with Crippen LogP contribution in [-0.4, -0.2) is 82.4 Å². The molecule has 0 radical (unpaired) electrons. The molecule has 2 aliphatic heterocycles. The smallest absolute Gasteiger partial charge is 0.407 e. The van der Waals surface area contributed by atoms with Gasteiger partial charge in [0.1, 0.15) is 5.82 Å². The summed E-state index contributed by atoms with van der Waals surface area (Å²) in [5.41, 5.74) is 5.77. The van der Waals surface area contributed by atoms with Crippen molar-refractivity contribution in [3.8, 4) is 11.1 Å². The highest BCUT2D eigenvalue weighted by Crippen LogP contribution is 2.35. The minimum absolute atomic E-state index is 0.0332. The number of pyridine rings is 2. The van der Waals surface area contributed by atoms with Gasteiger partial charge in [-0.1, -0.05) is 0 Å². The lowest BCUT2D eigenvalue weighted by molar-refractivity contribution is 0.0615. The topological polar surface area (TPSA) is 131 Å². The average molecular weight is 673 g/mol. The van der Waals surface area contributed by atoms with Crippen molar-refractivity contribution in [2.45, 2.75) is 98.3 Å². The summed E-state index contributed by atoms with van der Waals surface area (Å²) >= 11 is 0. The number of nitrogens with one attached hydrogen (secondary N) is 2. The number of hydrogen-bond donors (Lipinski definition) is 3. The van der Waals surface area contributed by atoms with Crippen LogP contribution in [0, 0.1) is 20.8 Å². The highest BCUT2D eigenvalue weighted by molar-refractivity contribution is 5.99. The van der Waals surface area contributed by atoms with Gasteiger partial charge in [-0.25, -0.2) is 9.78 Å². The number of rotatable bonds is 9. The van der Waals surface area contributed by atoms with Crippen molar-refractivity contribution in [3.63, 3.8) is 0 Å². The zero-order valence-corrected chi connectivity index (χ0v) is 30.1. The summed E-state index contributed by atoms with van der Waals surface area (Å²) in [7, 11) is 0. The predicted molar refractivity (Wildman–Crippen MR) is 194 cm³/mol. The summed E-state index contributed by atoms with van der Waals surface area (Å²) in [6.07, 6.45) is 4.29. The number of carbonyl (C=O) groups is 2. The molecule has 264 valence electrons. The van der Waals surface area contributed by atoms with Crippen molar-refractivity contribution in [2.75, 3.05) is 42.6 Å². The molecule has 5 rings (SSSR count). The number of aromatic amines is 1. The molecule has 3 aromatic rings. The molecule has 1 aromatic carbocycles. The zero-order valence-electron chi connectivity index (χ0n) is 30.1. The summed E-state index contributed by atoms with van der Waals surface area (Å²) in [5.74, 6) is 0.613. The van der Waals surface area contributed by atoms with E-state index in [0.717, 1.165) is 84.8 Å². The number of piperidine rings is 1. The number of carbonyl (C=O) groups excluding carboxylic acids is 1. The van der Waals surface area contributed by atoms with Crippen molar-refractivity contribution in [3.05, 3.63) is 74.8 Å². The maximum Gasteiger partial charge on any atom is 0.407 e. The lowest BCUT2D eigenvalue weighted by atomic mass is 9.95. The molecule has 2 fully saturated rings. The molecular formula is C38H52N6O5. The van der Waals surface area contributed by atoms with Crippen LogP contribution in [0.5, 0.6) is 0 Å². The maximum absolute atomic E-state index is 13.9. The van der Waals surface area contributed by atoms with Gasteiger partial charge in [-0.2, -0.15) is 0 Å². The SMILES string of the molecule is CCN(c1cc(-c2ccc(N3CCC(N(C(=O)O)C(C)(C)C)CC3)nc2)cc(C(=O)NCc2c(C)cc(C)[nH]c2=O)c1C)C1CCOCC1. The fourth-order valence-corrected chi connectivity index (χ4v) is 7.47. The molecule has 0 spiro atoms. The molecule has 0 aliphatic carbocycles. The standard InChI is InChI=1S/C38H52N6O5/c1-8-43(29-13-17-49-18-14-29)33-21-28(20-31(26(33)4)35(45)40-23-32-24(2)19-25(3)41-36(32)46)27-9-10-34(39-22-27)42-15-11-30(12-16-42)44(37(47)48)38(5,6)7/h9-10,19-22,29-30H,8,11-18,23H2,1-7H3,(H,40,45)(H,41,46)(H,47,48). The van der Waals surface area contributed by atoms with Gasteiger partial charge < -0.3 is 34.8 Å². The second-order valence-electron chi connectivity index (χ2n) is 14.4. The van der Waals surface area contributed by atoms with Gasteiger partial charge in [-0.05, 0) is 121 Å². The Morgan fingerprint density at radius 3 is 2.29 bits per heavy atom. The van der Waals surface area contributed by atoms with E-state index in [1.54, 1.807) is 4.90 Å². The Bertz CT molecular complexity index is 1700. The molecule has 0 saturated carbocycles. The number of benzene rings is 1. The normalized spacial score (nSPS) is 16.0. The van der Waals surface area contributed by atoms with E-state index in [0.29, 0.717) is 30.4 Å². The molecule has 11 heteroatoms. The molecule has 2 aliphatic rings. The minimum atomic E-state index is -0.878. The van der Waals surface area contributed by atoms with Crippen molar-refractivity contribution in [2.24, 2.45) is 0 Å². The Balaban J connectivity index is 1.42. The maximum atomic E-state index is 13.9. The molecule has 4 heterocycles. The molecule has 0 unspecified atom stereocenters. The number of nitrogens with zero attached hydrogens (tertiary/aromatic N) is 4. The first kappa shape index (κ1) is 35.9. The van der Waals surface area contributed by atoms with Crippen LogP contribution >= 0.6 is 0 Å². The van der Waals surface area contributed by atoms with Gasteiger partial charge in [0.05, 0.1) is 0 Å². The first-order valence-electron chi connectivity index (χ1n) is 17.5. The summed E-state index contributed by atoms with van der Waals surface area (Å²) in [5, 5.41) is 12.9. The van der Waals surface area contributed by atoms with E-state index in [9.17, 15) is 19.5 Å². The average Bonchev–Trinajstić information content (AvgIpc) is 3.05. The van der Waals surface area contributed by atoms with Gasteiger partial charge in [-0.3, -0.25) is 9.59 Å². The van der Waals surface area contributed by atoms with Crippen LogP contribution in [0.25, 0.3) is 11.1 Å². The van der Waals surface area contributed by atoms with Crippen LogP contribution in [0.1, 0.15) is 86.1 Å². The summed E-state index contributed by atoms with van der Waals surface area (Å²) < 4.78 is 5.66. The van der Waals surface area contributed by atoms with Gasteiger partial charge in [0.15, 0.2) is 0 Å². The number of ether oxygens (including phenoxy) is 1. The molecule has 2 aromatic heterocycles. The third-order valence-corrected chi connectivity index (χ3v) is 9.99. The summed E-state index contributed by atoms with van der Waals surface area (Å²) in [6.45, 7) is 17.5. The first-order chi connectivity index (χ1) is 23.3. The number of H-pyrrole nitrogens is 1. The van der Waals surface area contributed by atoms with Crippen LogP contribution in [0.3, 0.4) is 0 Å². The largest absolute Gasteiger partial charge is 0.465 e. The van der Waals surface area contributed by atoms with Crippen LogP contribution in [0.2, 0.25) is 0 Å². The fourth-order valence-electron chi connectivity index (χ4n) is 7.47. The second-order valence-corrected chi connectivity index (χ2v) is 14.4. The second kappa shape index (κ2) is 15.0. The molecule has 0 bridgehead atoms. The van der Waals surface area contributed by atoms with Crippen LogP contribution in [-0.2, 0) is 11.3 Å². The van der Waals surface area contributed by atoms with Gasteiger partial charge in [0.25, 0.3) is 11.5 Å². The first-order valence-corrected chi connectivity index (χ1v) is 17.5. The Labute approximate surface area is 289 Å². The Morgan fingerprint density at radius 1 is 1.02 bits per heavy atom. The Morgan fingerprint density at radius 2 is 1.71 bits per heavy atom. The van der Waals surface area contributed by atoms with E-state index in [2.05, 4.69) is 33.1 Å². The highest BCUT2D eigenvalue weighted by Gasteiger charge is 2.35. The summed E-state index contributed by atoms with van der Waals surface area (Å²) in [6, 6.07) is 10.3. The number of hydrogen-bond acceptors (Lipinski definition) is 7. The van der Waals surface area contributed by atoms with Gasteiger partial charge in [-0.15, -0.1) is 0 Å². The quantitative estimate of drug-likeness (QED) is 0.251. The van der Waals surface area contributed by atoms with E-state index in [4.69, 9.17) is 9.72 Å². The van der Waals surface area contributed by atoms with Crippen LogP contribution in [0.15, 0.2) is 41.3 Å². The molecule has 49 heavy (non-hydrogen) atoms. The highest BCUT2D eigenvalue weighted by atomic mass is 16.5. The number of amides is 2. The third kappa shape index (κ3) is 8.09. The van der Waals surface area contributed by atoms with Gasteiger partial charge in [0.2, 0.25) is 0 Å². The zero-order chi connectivity index (χ0) is 35.5. The van der Waals surface area contributed by atoms with E-state index in [1.165, 1.54) is 0 Å². The molecule has 11 nitrogen and oxygen atoms in total. The van der Waals surface area contributed by atoms with Gasteiger partial charge in [0, 0.05) is 91.3 Å². The Kier molecular flexibility index (Phi) is 11.0. The number of anilines is 2. The van der Waals surface area contributed by atoms with E-state index >= 15 is 0 Å². The molecule has 2 amide bonds. The van der Waals surface area contributed by atoms with E-state index in [-0.39, 0.29) is 24.1 Å². The fraction of sp³-hybridized carbons (Fsp3) is 0.526.